The van der Waals surface area contributed by atoms with Crippen LogP contribution in [0.1, 0.15) is 18.4 Å². The summed E-state index contributed by atoms with van der Waals surface area (Å²) in [6, 6.07) is 5.78. The molecular weight excluding hydrogens is 260 g/mol. The summed E-state index contributed by atoms with van der Waals surface area (Å²) in [5.41, 5.74) is 0.667. The lowest BCUT2D eigenvalue weighted by Crippen LogP contribution is -2.42. The molecular formula is C13H14N4O3. The number of nitrogens with zero attached hydrogens (tertiary/aromatic N) is 3. The number of benzene rings is 1. The molecule has 7 nitrogen and oxygen atoms in total. The van der Waals surface area contributed by atoms with Gasteiger partial charge in [-0.15, -0.1) is 0 Å². The van der Waals surface area contributed by atoms with E-state index in [0.717, 1.165) is 6.42 Å². The molecule has 0 radical (unpaired) electrons. The fraction of sp³-hybridized carbons (Fsp3) is 0.385. The highest BCUT2D eigenvalue weighted by Crippen LogP contribution is 2.30. The molecule has 0 spiro atoms. The van der Waals surface area contributed by atoms with Crippen LogP contribution in [0.2, 0.25) is 0 Å². The number of hydrogen-bond acceptors (Lipinski definition) is 5. The molecule has 1 saturated heterocycles. The van der Waals surface area contributed by atoms with E-state index in [0.29, 0.717) is 18.7 Å². The van der Waals surface area contributed by atoms with Crippen LogP contribution in [0, 0.1) is 21.4 Å². The van der Waals surface area contributed by atoms with Crippen LogP contribution in [0.3, 0.4) is 0 Å². The van der Waals surface area contributed by atoms with Crippen molar-refractivity contribution in [2.75, 3.05) is 18.5 Å². The van der Waals surface area contributed by atoms with Crippen LogP contribution in [0.4, 0.5) is 11.4 Å². The van der Waals surface area contributed by atoms with Gasteiger partial charge in [-0.2, -0.15) is 5.26 Å². The van der Waals surface area contributed by atoms with E-state index in [9.17, 15) is 14.9 Å². The van der Waals surface area contributed by atoms with Crippen LogP contribution in [0.5, 0.6) is 0 Å². The number of nitrogens with one attached hydrogen (secondary N) is 1. The lowest BCUT2D eigenvalue weighted by Gasteiger charge is -2.26. The molecule has 1 atom stereocenters. The molecule has 1 heterocycles. The van der Waals surface area contributed by atoms with E-state index >= 15 is 0 Å². The number of likely N-dealkylation sites (N-methyl/N-ethyl adjacent to an activating group) is 1. The summed E-state index contributed by atoms with van der Waals surface area (Å²) in [6.07, 6.45) is 1.56. The Balaban J connectivity index is 2.39. The predicted octanol–water partition coefficient (Wildman–Crippen LogP) is 1.18. The number of nitro groups is 1. The van der Waals surface area contributed by atoms with Gasteiger partial charge in [0.2, 0.25) is 5.91 Å². The first-order chi connectivity index (χ1) is 9.58. The third kappa shape index (κ3) is 2.40. The zero-order chi connectivity index (χ0) is 14.7. The fourth-order valence-corrected chi connectivity index (χ4v) is 2.47. The Bertz CT molecular complexity index is 594. The highest BCUT2D eigenvalue weighted by Gasteiger charge is 2.31. The maximum Gasteiger partial charge on any atom is 0.270 e. The zero-order valence-electron chi connectivity index (χ0n) is 11.0. The first-order valence-electron chi connectivity index (χ1n) is 6.25. The average Bonchev–Trinajstić information content (AvgIpc) is 2.94. The maximum absolute atomic E-state index is 11.8. The second-order valence-electron chi connectivity index (χ2n) is 4.54. The van der Waals surface area contributed by atoms with Crippen molar-refractivity contribution in [3.63, 3.8) is 0 Å². The third-order valence-corrected chi connectivity index (χ3v) is 3.42. The van der Waals surface area contributed by atoms with E-state index < -0.39 is 4.92 Å². The molecule has 1 aromatic rings. The van der Waals surface area contributed by atoms with Gasteiger partial charge in [0, 0.05) is 25.7 Å². The van der Waals surface area contributed by atoms with Crippen molar-refractivity contribution >= 4 is 17.3 Å². The molecule has 1 aliphatic heterocycles. The molecule has 0 aromatic heterocycles. The quantitative estimate of drug-likeness (QED) is 0.659. The molecule has 0 bridgehead atoms. The van der Waals surface area contributed by atoms with Crippen molar-refractivity contribution in [3.8, 4) is 6.07 Å². The van der Waals surface area contributed by atoms with E-state index in [1.165, 1.54) is 18.2 Å². The summed E-state index contributed by atoms with van der Waals surface area (Å²) < 4.78 is 0. The molecule has 2 rings (SSSR count). The summed E-state index contributed by atoms with van der Waals surface area (Å²) in [5, 5.41) is 22.5. The van der Waals surface area contributed by atoms with Gasteiger partial charge in [0.05, 0.1) is 16.2 Å². The Kier molecular flexibility index (Phi) is 3.84. The highest BCUT2D eigenvalue weighted by atomic mass is 16.6. The zero-order valence-corrected chi connectivity index (χ0v) is 11.0. The summed E-state index contributed by atoms with van der Waals surface area (Å²) in [6.45, 7) is 0.657. The van der Waals surface area contributed by atoms with Gasteiger partial charge < -0.3 is 10.2 Å². The van der Waals surface area contributed by atoms with Gasteiger partial charge in [-0.05, 0) is 18.9 Å². The van der Waals surface area contributed by atoms with Crippen molar-refractivity contribution < 1.29 is 9.72 Å². The molecule has 1 aliphatic rings. The molecule has 0 aliphatic carbocycles. The van der Waals surface area contributed by atoms with E-state index in [1.54, 1.807) is 7.05 Å². The highest BCUT2D eigenvalue weighted by molar-refractivity contribution is 5.86. The molecule has 1 N–H and O–H groups in total. The van der Waals surface area contributed by atoms with Crippen LogP contribution < -0.4 is 10.2 Å². The number of nitro benzene ring substituents is 1. The standard InChI is InChI=1S/C13H14N4O3/c1-15-13(18)12-3-2-6-16(12)11-5-4-10(17(19)20)7-9(11)8-14/h4-5,7,12H,2-3,6H2,1H3,(H,15,18). The lowest BCUT2D eigenvalue weighted by atomic mass is 10.1. The number of anilines is 1. The Morgan fingerprint density at radius 2 is 2.35 bits per heavy atom. The Hall–Kier alpha value is -2.62. The summed E-state index contributed by atoms with van der Waals surface area (Å²) in [7, 11) is 1.57. The van der Waals surface area contributed by atoms with Gasteiger partial charge in [0.15, 0.2) is 0 Å². The minimum absolute atomic E-state index is 0.107. The molecule has 20 heavy (non-hydrogen) atoms. The predicted molar refractivity (Wildman–Crippen MR) is 72.2 cm³/mol. The minimum Gasteiger partial charge on any atom is -0.358 e. The second kappa shape index (κ2) is 5.57. The molecule has 0 saturated carbocycles. The normalized spacial score (nSPS) is 17.6. The van der Waals surface area contributed by atoms with Crippen molar-refractivity contribution in [2.45, 2.75) is 18.9 Å². The molecule has 7 heteroatoms. The number of non-ortho nitro benzene ring substituents is 1. The van der Waals surface area contributed by atoms with Crippen molar-refractivity contribution in [1.29, 1.82) is 5.26 Å². The van der Waals surface area contributed by atoms with Crippen LogP contribution in [-0.2, 0) is 4.79 Å². The number of hydrogen-bond donors (Lipinski definition) is 1. The molecule has 1 unspecified atom stereocenters. The van der Waals surface area contributed by atoms with Crippen molar-refractivity contribution in [1.82, 2.24) is 5.32 Å². The van der Waals surface area contributed by atoms with Crippen LogP contribution in [-0.4, -0.2) is 30.5 Å². The maximum atomic E-state index is 11.8. The monoisotopic (exact) mass is 274 g/mol. The lowest BCUT2D eigenvalue weighted by molar-refractivity contribution is -0.384. The Morgan fingerprint density at radius 1 is 1.60 bits per heavy atom. The number of rotatable bonds is 3. The van der Waals surface area contributed by atoms with Gasteiger partial charge in [-0.25, -0.2) is 0 Å². The number of nitriles is 1. The molecule has 1 amide bonds. The molecule has 1 aromatic carbocycles. The third-order valence-electron chi connectivity index (χ3n) is 3.42. The Morgan fingerprint density at radius 3 is 2.95 bits per heavy atom. The Labute approximate surface area is 115 Å². The van der Waals surface area contributed by atoms with Gasteiger partial charge in [-0.3, -0.25) is 14.9 Å². The van der Waals surface area contributed by atoms with Gasteiger partial charge >= 0.3 is 0 Å². The van der Waals surface area contributed by atoms with E-state index in [4.69, 9.17) is 5.26 Å². The van der Waals surface area contributed by atoms with Crippen LogP contribution >= 0.6 is 0 Å². The van der Waals surface area contributed by atoms with E-state index in [-0.39, 0.29) is 23.2 Å². The topological polar surface area (TPSA) is 99.3 Å². The van der Waals surface area contributed by atoms with E-state index in [2.05, 4.69) is 5.32 Å². The number of amides is 1. The smallest absolute Gasteiger partial charge is 0.270 e. The average molecular weight is 274 g/mol. The molecule has 104 valence electrons. The van der Waals surface area contributed by atoms with Crippen molar-refractivity contribution in [3.05, 3.63) is 33.9 Å². The minimum atomic E-state index is -0.537. The SMILES string of the molecule is CNC(=O)C1CCCN1c1ccc([N+](=O)[O-])cc1C#N. The summed E-state index contributed by atoms with van der Waals surface area (Å²) in [4.78, 5) is 23.9. The fourth-order valence-electron chi connectivity index (χ4n) is 2.47. The first kappa shape index (κ1) is 13.8. The van der Waals surface area contributed by atoms with Gasteiger partial charge in [-0.1, -0.05) is 0 Å². The summed E-state index contributed by atoms with van der Waals surface area (Å²) >= 11 is 0. The van der Waals surface area contributed by atoms with E-state index in [1.807, 2.05) is 11.0 Å². The number of carbonyl (C=O) groups is 1. The van der Waals surface area contributed by atoms with Crippen LogP contribution in [0.25, 0.3) is 0 Å². The summed E-state index contributed by atoms with van der Waals surface area (Å²) in [5.74, 6) is -0.107. The van der Waals surface area contributed by atoms with Gasteiger partial charge in [0.25, 0.3) is 5.69 Å². The van der Waals surface area contributed by atoms with Crippen molar-refractivity contribution in [2.24, 2.45) is 0 Å². The second-order valence-corrected chi connectivity index (χ2v) is 4.54. The van der Waals surface area contributed by atoms with Gasteiger partial charge in [0.1, 0.15) is 12.1 Å². The number of carbonyl (C=O) groups excluding carboxylic acids is 1. The van der Waals surface area contributed by atoms with Crippen LogP contribution in [0.15, 0.2) is 18.2 Å². The largest absolute Gasteiger partial charge is 0.358 e. The molecule has 1 fully saturated rings. The first-order valence-corrected chi connectivity index (χ1v) is 6.25.